The number of rotatable bonds is 4. The Balaban J connectivity index is 1.48. The predicted molar refractivity (Wildman–Crippen MR) is 105 cm³/mol. The highest BCUT2D eigenvalue weighted by atomic mass is 16.1. The Morgan fingerprint density at radius 3 is 3.00 bits per heavy atom. The summed E-state index contributed by atoms with van der Waals surface area (Å²) in [6.45, 7) is 1.93. The maximum Gasteiger partial charge on any atom is 0.225 e. The molecule has 1 atom stereocenters. The van der Waals surface area contributed by atoms with Crippen molar-refractivity contribution in [1.29, 1.82) is 0 Å². The van der Waals surface area contributed by atoms with E-state index in [0.29, 0.717) is 12.4 Å². The van der Waals surface area contributed by atoms with Crippen LogP contribution in [0.5, 0.6) is 0 Å². The van der Waals surface area contributed by atoms with Gasteiger partial charge in [-0.1, -0.05) is 6.07 Å². The van der Waals surface area contributed by atoms with Crippen molar-refractivity contribution < 1.29 is 4.79 Å². The fourth-order valence-electron chi connectivity index (χ4n) is 3.63. The number of nitrogens with zero attached hydrogens (tertiary/aromatic N) is 4. The lowest BCUT2D eigenvalue weighted by molar-refractivity contribution is -0.121. The Hall–Kier alpha value is -2.96. The number of anilines is 1. The van der Waals surface area contributed by atoms with E-state index in [2.05, 4.69) is 25.3 Å². The molecule has 1 aliphatic rings. The number of H-pyrrole nitrogens is 1. The van der Waals surface area contributed by atoms with Crippen LogP contribution in [0, 0.1) is 6.92 Å². The summed E-state index contributed by atoms with van der Waals surface area (Å²) in [5.74, 6) is 1.60. The van der Waals surface area contributed by atoms with E-state index in [1.165, 1.54) is 0 Å². The number of aromatic amines is 1. The van der Waals surface area contributed by atoms with Gasteiger partial charge in [0.15, 0.2) is 0 Å². The molecule has 1 aliphatic carbocycles. The van der Waals surface area contributed by atoms with Crippen LogP contribution in [-0.4, -0.2) is 39.9 Å². The van der Waals surface area contributed by atoms with Gasteiger partial charge in [0, 0.05) is 25.9 Å². The van der Waals surface area contributed by atoms with Crippen molar-refractivity contribution in [3.05, 3.63) is 47.0 Å². The summed E-state index contributed by atoms with van der Waals surface area (Å²) in [4.78, 5) is 31.2. The highest BCUT2D eigenvalue weighted by Gasteiger charge is 2.24. The number of fused-ring (bicyclic) bond motifs is 2. The number of hydrogen-bond acceptors (Lipinski definition) is 5. The first-order valence-electron chi connectivity index (χ1n) is 9.27. The second kappa shape index (κ2) is 6.98. The Kier molecular flexibility index (Phi) is 4.51. The second-order valence-corrected chi connectivity index (χ2v) is 7.33. The van der Waals surface area contributed by atoms with E-state index in [1.807, 2.05) is 50.3 Å². The smallest absolute Gasteiger partial charge is 0.225 e. The van der Waals surface area contributed by atoms with E-state index in [1.54, 1.807) is 0 Å². The highest BCUT2D eigenvalue weighted by Crippen LogP contribution is 2.29. The van der Waals surface area contributed by atoms with Gasteiger partial charge in [0.2, 0.25) is 11.9 Å². The third-order valence-corrected chi connectivity index (χ3v) is 4.93. The molecule has 1 aromatic carbocycles. The van der Waals surface area contributed by atoms with Gasteiger partial charge in [-0.15, -0.1) is 0 Å². The van der Waals surface area contributed by atoms with Crippen LogP contribution < -0.4 is 10.2 Å². The Morgan fingerprint density at radius 2 is 2.19 bits per heavy atom. The fourth-order valence-corrected chi connectivity index (χ4v) is 3.63. The van der Waals surface area contributed by atoms with E-state index >= 15 is 0 Å². The molecule has 3 aromatic rings. The molecule has 2 aromatic heterocycles. The number of amides is 1. The van der Waals surface area contributed by atoms with Crippen molar-refractivity contribution in [2.45, 2.75) is 38.6 Å². The minimum absolute atomic E-state index is 0.0140. The summed E-state index contributed by atoms with van der Waals surface area (Å²) in [5, 5.41) is 3.17. The molecular formula is C20H24N6O. The summed E-state index contributed by atoms with van der Waals surface area (Å²) in [6, 6.07) is 5.89. The lowest BCUT2D eigenvalue weighted by Gasteiger charge is -2.26. The normalized spacial score (nSPS) is 16.2. The van der Waals surface area contributed by atoms with Crippen molar-refractivity contribution in [2.75, 3.05) is 19.0 Å². The van der Waals surface area contributed by atoms with Crippen LogP contribution in [-0.2, 0) is 17.6 Å². The molecule has 0 spiro atoms. The molecule has 0 bridgehead atoms. The summed E-state index contributed by atoms with van der Waals surface area (Å²) in [6.07, 6.45) is 5.07. The van der Waals surface area contributed by atoms with Crippen molar-refractivity contribution >= 4 is 22.9 Å². The first kappa shape index (κ1) is 17.5. The SMILES string of the molecule is Cc1nc2ccc(CC(=O)NC3CCCc4nc(N(C)C)ncc43)cc2[nH]1. The van der Waals surface area contributed by atoms with Gasteiger partial charge in [-0.2, -0.15) is 0 Å². The molecule has 0 saturated heterocycles. The molecule has 4 rings (SSSR count). The topological polar surface area (TPSA) is 86.8 Å². The largest absolute Gasteiger partial charge is 0.349 e. The average molecular weight is 364 g/mol. The average Bonchev–Trinajstić information content (AvgIpc) is 3.00. The Labute approximate surface area is 158 Å². The number of nitrogens with one attached hydrogen (secondary N) is 2. The number of benzene rings is 1. The van der Waals surface area contributed by atoms with Gasteiger partial charge in [-0.05, 0) is 43.9 Å². The van der Waals surface area contributed by atoms with Crippen molar-refractivity contribution in [3.8, 4) is 0 Å². The van der Waals surface area contributed by atoms with Crippen LogP contribution in [0.3, 0.4) is 0 Å². The molecule has 7 nitrogen and oxygen atoms in total. The summed E-state index contributed by atoms with van der Waals surface area (Å²) in [5.41, 5.74) is 4.94. The molecule has 2 N–H and O–H groups in total. The second-order valence-electron chi connectivity index (χ2n) is 7.33. The molecule has 140 valence electrons. The Morgan fingerprint density at radius 1 is 1.33 bits per heavy atom. The van der Waals surface area contributed by atoms with Crippen LogP contribution in [0.1, 0.15) is 41.5 Å². The van der Waals surface area contributed by atoms with Gasteiger partial charge < -0.3 is 15.2 Å². The number of aromatic nitrogens is 4. The van der Waals surface area contributed by atoms with Gasteiger partial charge in [0.05, 0.1) is 29.2 Å². The summed E-state index contributed by atoms with van der Waals surface area (Å²) >= 11 is 0. The predicted octanol–water partition coefficient (Wildman–Crippen LogP) is 2.46. The molecule has 0 saturated carbocycles. The highest BCUT2D eigenvalue weighted by molar-refractivity contribution is 5.82. The number of hydrogen-bond donors (Lipinski definition) is 2. The zero-order valence-electron chi connectivity index (χ0n) is 15.9. The van der Waals surface area contributed by atoms with Crippen LogP contribution >= 0.6 is 0 Å². The van der Waals surface area contributed by atoms with Gasteiger partial charge >= 0.3 is 0 Å². The monoisotopic (exact) mass is 364 g/mol. The van der Waals surface area contributed by atoms with Crippen LogP contribution in [0.4, 0.5) is 5.95 Å². The van der Waals surface area contributed by atoms with Crippen LogP contribution in [0.15, 0.2) is 24.4 Å². The molecule has 2 heterocycles. The third-order valence-electron chi connectivity index (χ3n) is 4.93. The first-order chi connectivity index (χ1) is 13.0. The minimum Gasteiger partial charge on any atom is -0.349 e. The van der Waals surface area contributed by atoms with Crippen molar-refractivity contribution in [2.24, 2.45) is 0 Å². The number of aryl methyl sites for hydroxylation is 2. The molecule has 1 amide bonds. The molecule has 27 heavy (non-hydrogen) atoms. The zero-order chi connectivity index (χ0) is 19.0. The van der Waals surface area contributed by atoms with E-state index in [9.17, 15) is 4.79 Å². The van der Waals surface area contributed by atoms with Gasteiger partial charge in [-0.3, -0.25) is 4.79 Å². The van der Waals surface area contributed by atoms with Crippen LogP contribution in [0.2, 0.25) is 0 Å². The lowest BCUT2D eigenvalue weighted by Crippen LogP contribution is -2.32. The van der Waals surface area contributed by atoms with E-state index in [-0.39, 0.29) is 11.9 Å². The van der Waals surface area contributed by atoms with Gasteiger partial charge in [0.1, 0.15) is 5.82 Å². The molecule has 7 heteroatoms. The van der Waals surface area contributed by atoms with Gasteiger partial charge in [-0.25, -0.2) is 15.0 Å². The lowest BCUT2D eigenvalue weighted by atomic mass is 9.92. The Bertz CT molecular complexity index is 993. The van der Waals surface area contributed by atoms with E-state index < -0.39 is 0 Å². The number of imidazole rings is 1. The maximum atomic E-state index is 12.6. The summed E-state index contributed by atoms with van der Waals surface area (Å²) in [7, 11) is 3.86. The number of carbonyl (C=O) groups excluding carboxylic acids is 1. The standard InChI is InChI=1S/C20H24N6O/c1-12-22-17-8-7-13(9-18(17)23-12)10-19(27)24-15-5-4-6-16-14(15)11-21-20(25-16)26(2)3/h7-9,11,15H,4-6,10H2,1-3H3,(H,22,23)(H,24,27). The van der Waals surface area contributed by atoms with Crippen LogP contribution in [0.25, 0.3) is 11.0 Å². The quantitative estimate of drug-likeness (QED) is 0.743. The molecule has 1 unspecified atom stereocenters. The number of carbonyl (C=O) groups is 1. The third kappa shape index (κ3) is 3.63. The first-order valence-corrected chi connectivity index (χ1v) is 9.27. The molecule has 0 radical (unpaired) electrons. The maximum absolute atomic E-state index is 12.6. The van der Waals surface area contributed by atoms with Gasteiger partial charge in [0.25, 0.3) is 0 Å². The van der Waals surface area contributed by atoms with Crippen molar-refractivity contribution in [1.82, 2.24) is 25.3 Å². The van der Waals surface area contributed by atoms with E-state index in [0.717, 1.165) is 52.9 Å². The molecule has 0 fully saturated rings. The zero-order valence-corrected chi connectivity index (χ0v) is 15.9. The fraction of sp³-hybridized carbons (Fsp3) is 0.400. The van der Waals surface area contributed by atoms with Crippen molar-refractivity contribution in [3.63, 3.8) is 0 Å². The summed E-state index contributed by atoms with van der Waals surface area (Å²) < 4.78 is 0. The minimum atomic E-state index is -0.0180. The molecular weight excluding hydrogens is 340 g/mol. The van der Waals surface area contributed by atoms with E-state index in [4.69, 9.17) is 0 Å². The molecule has 0 aliphatic heterocycles.